The first-order chi connectivity index (χ1) is 7.63. The molecule has 0 unspecified atom stereocenters. The fourth-order valence-corrected chi connectivity index (χ4v) is 2.24. The van der Waals surface area contributed by atoms with Crippen molar-refractivity contribution in [2.45, 2.75) is 31.3 Å². The highest BCUT2D eigenvalue weighted by molar-refractivity contribution is 7.99. The molecule has 1 aromatic rings. The number of aliphatic hydroxyl groups is 1. The molecule has 0 spiro atoms. The van der Waals surface area contributed by atoms with Gasteiger partial charge in [0.1, 0.15) is 0 Å². The quantitative estimate of drug-likeness (QED) is 0.771. The fraction of sp³-hybridized carbons (Fsp3) is 0.500. The largest absolute Gasteiger partial charge is 0.396 e. The Labute approximate surface area is 106 Å². The molecule has 0 saturated carbocycles. The lowest BCUT2D eigenvalue weighted by Crippen LogP contribution is -2.21. The maximum atomic E-state index is 8.73. The Morgan fingerprint density at radius 1 is 1.44 bits per heavy atom. The number of hydrogen-bond donors (Lipinski definition) is 2. The summed E-state index contributed by atoms with van der Waals surface area (Å²) in [6.07, 6.45) is 0. The topological polar surface area (TPSA) is 32.3 Å². The number of hydrogen-bond acceptors (Lipinski definition) is 3. The lowest BCUT2D eigenvalue weighted by molar-refractivity contribution is 0.322. The maximum Gasteiger partial charge on any atom is 0.0525 e. The van der Waals surface area contributed by atoms with E-state index in [4.69, 9.17) is 16.7 Å². The third-order valence-electron chi connectivity index (χ3n) is 2.09. The minimum absolute atomic E-state index is 0.193. The van der Waals surface area contributed by atoms with Crippen LogP contribution in [0.2, 0.25) is 5.02 Å². The Morgan fingerprint density at radius 3 is 2.75 bits per heavy atom. The average molecular weight is 260 g/mol. The van der Waals surface area contributed by atoms with Gasteiger partial charge in [0.15, 0.2) is 0 Å². The van der Waals surface area contributed by atoms with Crippen molar-refractivity contribution in [1.82, 2.24) is 5.32 Å². The Kier molecular flexibility index (Phi) is 6.21. The molecule has 0 saturated heterocycles. The van der Waals surface area contributed by atoms with Gasteiger partial charge >= 0.3 is 0 Å². The number of rotatable bonds is 6. The van der Waals surface area contributed by atoms with Crippen LogP contribution < -0.4 is 5.32 Å². The van der Waals surface area contributed by atoms with E-state index in [0.29, 0.717) is 11.8 Å². The minimum atomic E-state index is 0.193. The summed E-state index contributed by atoms with van der Waals surface area (Å²) in [5, 5.41) is 12.9. The fourth-order valence-electron chi connectivity index (χ4n) is 1.24. The molecule has 0 fully saturated rings. The molecule has 0 aliphatic rings. The Balaban J connectivity index is 2.60. The van der Waals surface area contributed by atoms with E-state index in [0.717, 1.165) is 22.0 Å². The molecule has 0 atom stereocenters. The van der Waals surface area contributed by atoms with Crippen LogP contribution in [0, 0.1) is 0 Å². The molecule has 2 N–H and O–H groups in total. The van der Waals surface area contributed by atoms with Gasteiger partial charge in [0.25, 0.3) is 0 Å². The van der Waals surface area contributed by atoms with Gasteiger partial charge in [-0.3, -0.25) is 0 Å². The Hall–Kier alpha value is -0.220. The average Bonchev–Trinajstić information content (AvgIpc) is 2.24. The SMILES string of the molecule is CC(C)NCc1ccc(SCCO)cc1Cl. The van der Waals surface area contributed by atoms with Crippen LogP contribution in [0.5, 0.6) is 0 Å². The standard InChI is InChI=1S/C12H18ClNOS/c1-9(2)14-8-10-3-4-11(7-12(10)13)16-6-5-15/h3-4,7,9,14-15H,5-6,8H2,1-2H3. The lowest BCUT2D eigenvalue weighted by Gasteiger charge is -2.10. The normalized spacial score (nSPS) is 11.1. The highest BCUT2D eigenvalue weighted by Gasteiger charge is 2.03. The van der Waals surface area contributed by atoms with Crippen molar-refractivity contribution in [1.29, 1.82) is 0 Å². The first-order valence-corrected chi connectivity index (χ1v) is 6.75. The molecule has 1 aromatic carbocycles. The van der Waals surface area contributed by atoms with E-state index in [1.807, 2.05) is 18.2 Å². The summed E-state index contributed by atoms with van der Waals surface area (Å²) in [6, 6.07) is 6.50. The molecule has 0 aliphatic carbocycles. The van der Waals surface area contributed by atoms with Gasteiger partial charge in [0, 0.05) is 28.3 Å². The lowest BCUT2D eigenvalue weighted by atomic mass is 10.2. The molecule has 90 valence electrons. The first-order valence-electron chi connectivity index (χ1n) is 5.39. The second-order valence-corrected chi connectivity index (χ2v) is 5.44. The zero-order valence-corrected chi connectivity index (χ0v) is 11.2. The summed E-state index contributed by atoms with van der Waals surface area (Å²) in [5.41, 5.74) is 1.11. The van der Waals surface area contributed by atoms with Crippen molar-refractivity contribution >= 4 is 23.4 Å². The van der Waals surface area contributed by atoms with Crippen LogP contribution in [0.4, 0.5) is 0 Å². The second-order valence-electron chi connectivity index (χ2n) is 3.86. The third-order valence-corrected chi connectivity index (χ3v) is 3.41. The smallest absolute Gasteiger partial charge is 0.0525 e. The molecular weight excluding hydrogens is 242 g/mol. The molecule has 2 nitrogen and oxygen atoms in total. The van der Waals surface area contributed by atoms with Crippen molar-refractivity contribution in [3.63, 3.8) is 0 Å². The van der Waals surface area contributed by atoms with Gasteiger partial charge in [0.2, 0.25) is 0 Å². The number of nitrogens with one attached hydrogen (secondary N) is 1. The summed E-state index contributed by atoms with van der Waals surface area (Å²) in [5.74, 6) is 0.708. The zero-order valence-electron chi connectivity index (χ0n) is 9.66. The summed E-state index contributed by atoms with van der Waals surface area (Å²) >= 11 is 7.79. The van der Waals surface area contributed by atoms with Gasteiger partial charge in [-0.25, -0.2) is 0 Å². The number of aliphatic hydroxyl groups excluding tert-OH is 1. The summed E-state index contributed by atoms with van der Waals surface area (Å²) < 4.78 is 0. The van der Waals surface area contributed by atoms with Crippen LogP contribution in [0.15, 0.2) is 23.1 Å². The van der Waals surface area contributed by atoms with Gasteiger partial charge in [-0.1, -0.05) is 31.5 Å². The van der Waals surface area contributed by atoms with Gasteiger partial charge in [-0.05, 0) is 17.7 Å². The Bertz CT molecular complexity index is 331. The van der Waals surface area contributed by atoms with Crippen LogP contribution >= 0.6 is 23.4 Å². The highest BCUT2D eigenvalue weighted by Crippen LogP contribution is 2.24. The molecule has 0 aliphatic heterocycles. The maximum absolute atomic E-state index is 8.73. The third kappa shape index (κ3) is 4.74. The zero-order chi connectivity index (χ0) is 12.0. The molecule has 1 rings (SSSR count). The van der Waals surface area contributed by atoms with E-state index in [1.165, 1.54) is 0 Å². The minimum Gasteiger partial charge on any atom is -0.396 e. The number of thioether (sulfide) groups is 1. The second kappa shape index (κ2) is 7.17. The van der Waals surface area contributed by atoms with Crippen molar-refractivity contribution in [2.75, 3.05) is 12.4 Å². The highest BCUT2D eigenvalue weighted by atomic mass is 35.5. The van der Waals surface area contributed by atoms with Crippen LogP contribution in [0.1, 0.15) is 19.4 Å². The molecule has 0 heterocycles. The predicted octanol–water partition coefficient (Wildman–Crippen LogP) is 2.92. The Morgan fingerprint density at radius 2 is 2.19 bits per heavy atom. The van der Waals surface area contributed by atoms with Gasteiger partial charge < -0.3 is 10.4 Å². The first kappa shape index (κ1) is 13.8. The molecule has 0 aromatic heterocycles. The van der Waals surface area contributed by atoms with Gasteiger partial charge in [-0.15, -0.1) is 11.8 Å². The number of halogens is 1. The van der Waals surface area contributed by atoms with E-state index in [1.54, 1.807) is 11.8 Å². The molecule has 16 heavy (non-hydrogen) atoms. The molecule has 0 bridgehead atoms. The van der Waals surface area contributed by atoms with Crippen LogP contribution in [-0.4, -0.2) is 23.5 Å². The monoisotopic (exact) mass is 259 g/mol. The van der Waals surface area contributed by atoms with Crippen LogP contribution in [0.3, 0.4) is 0 Å². The van der Waals surface area contributed by atoms with E-state index in [-0.39, 0.29) is 6.61 Å². The number of benzene rings is 1. The summed E-state index contributed by atoms with van der Waals surface area (Å²) in [4.78, 5) is 1.10. The molecule has 0 radical (unpaired) electrons. The predicted molar refractivity (Wildman–Crippen MR) is 71.2 cm³/mol. The van der Waals surface area contributed by atoms with Gasteiger partial charge in [0.05, 0.1) is 6.61 Å². The van der Waals surface area contributed by atoms with Crippen molar-refractivity contribution in [2.24, 2.45) is 0 Å². The van der Waals surface area contributed by atoms with Crippen molar-refractivity contribution < 1.29 is 5.11 Å². The molecular formula is C12H18ClNOS. The van der Waals surface area contributed by atoms with E-state index < -0.39 is 0 Å². The van der Waals surface area contributed by atoms with E-state index in [2.05, 4.69) is 19.2 Å². The van der Waals surface area contributed by atoms with Crippen LogP contribution in [-0.2, 0) is 6.54 Å². The van der Waals surface area contributed by atoms with Crippen LogP contribution in [0.25, 0.3) is 0 Å². The van der Waals surface area contributed by atoms with Gasteiger partial charge in [-0.2, -0.15) is 0 Å². The molecule has 0 amide bonds. The van der Waals surface area contributed by atoms with E-state index >= 15 is 0 Å². The van der Waals surface area contributed by atoms with Crippen molar-refractivity contribution in [3.8, 4) is 0 Å². The summed E-state index contributed by atoms with van der Waals surface area (Å²) in [6.45, 7) is 5.21. The molecule has 4 heteroatoms. The van der Waals surface area contributed by atoms with E-state index in [9.17, 15) is 0 Å². The van der Waals surface area contributed by atoms with Crippen molar-refractivity contribution in [3.05, 3.63) is 28.8 Å². The summed E-state index contributed by atoms with van der Waals surface area (Å²) in [7, 11) is 0.